The normalized spacial score (nSPS) is 15.9. The number of hydrogen-bond acceptors (Lipinski definition) is 2. The molecule has 0 unspecified atom stereocenters. The van der Waals surface area contributed by atoms with Crippen LogP contribution in [-0.2, 0) is 10.7 Å². The highest BCUT2D eigenvalue weighted by Gasteiger charge is 2.88. The summed E-state index contributed by atoms with van der Waals surface area (Å²) in [6.45, 7) is 0. The van der Waals surface area contributed by atoms with Crippen molar-refractivity contribution in [2.24, 2.45) is 0 Å². The second kappa shape index (κ2) is 9.72. The first-order valence-electron chi connectivity index (χ1n) is 8.69. The van der Waals surface area contributed by atoms with Crippen molar-refractivity contribution in [3.63, 3.8) is 0 Å². The van der Waals surface area contributed by atoms with Crippen LogP contribution >= 0.6 is 7.60 Å². The lowest BCUT2D eigenvalue weighted by atomic mass is 9.96. The lowest BCUT2D eigenvalue weighted by Gasteiger charge is -2.37. The largest absolute Gasteiger partial charge is 0.471 e. The van der Waals surface area contributed by atoms with Crippen molar-refractivity contribution < 1.29 is 93.7 Å². The summed E-state index contributed by atoms with van der Waals surface area (Å²) in [6, 6.07) is 1.48. The van der Waals surface area contributed by atoms with Gasteiger partial charge in [0.25, 0.3) is 0 Å². The first-order valence-corrected chi connectivity index (χ1v) is 10.5. The van der Waals surface area contributed by atoms with Gasteiger partial charge in [-0.3, -0.25) is 4.57 Å². The minimum atomic E-state index is -8.36. The Balaban J connectivity index is 3.48. The van der Waals surface area contributed by atoms with Crippen molar-refractivity contribution in [3.05, 3.63) is 41.5 Å². The highest BCUT2D eigenvalue weighted by molar-refractivity contribution is 7.50. The summed E-state index contributed by atoms with van der Waals surface area (Å²) in [4.78, 5) is 17.4. The fraction of sp³-hybridized carbons (Fsp3) is 0.500. The van der Waals surface area contributed by atoms with Crippen molar-refractivity contribution in [1.29, 1.82) is 0 Å². The molecule has 0 saturated heterocycles. The van der Waals surface area contributed by atoms with Crippen molar-refractivity contribution in [3.8, 4) is 5.75 Å². The summed E-state index contributed by atoms with van der Waals surface area (Å²) < 4.78 is 238. The van der Waals surface area contributed by atoms with E-state index in [0.29, 0.717) is 12.1 Å². The Bertz CT molecular complexity index is 1090. The van der Waals surface area contributed by atoms with Gasteiger partial charge in [-0.2, -0.15) is 65.9 Å². The maximum atomic E-state index is 13.7. The first kappa shape index (κ1) is 33.7. The maximum Gasteiger partial charge on any atom is 0.471 e. The van der Waals surface area contributed by atoms with Gasteiger partial charge in [0.15, 0.2) is 0 Å². The van der Waals surface area contributed by atoms with E-state index in [1.54, 1.807) is 0 Å². The predicted octanol–water partition coefficient (Wildman–Crippen LogP) is 7.23. The summed E-state index contributed by atoms with van der Waals surface area (Å²) in [5, 5.41) is 0. The van der Waals surface area contributed by atoms with Gasteiger partial charge in [-0.25, -0.2) is 8.78 Å². The lowest BCUT2D eigenvalue weighted by molar-refractivity contribution is -0.419. The van der Waals surface area contributed by atoms with Crippen LogP contribution in [0.5, 0.6) is 5.75 Å². The van der Waals surface area contributed by atoms with E-state index in [9.17, 15) is 79.2 Å². The number of hydrogen-bond donors (Lipinski definition) is 2. The first-order chi connectivity index (χ1) is 16.5. The lowest BCUT2D eigenvalue weighted by Crippen LogP contribution is -2.66. The Morgan fingerprint density at radius 1 is 0.658 bits per heavy atom. The van der Waals surface area contributed by atoms with Crippen LogP contribution in [0.1, 0.15) is 5.56 Å². The molecular formula is C16H8F17O4P. The van der Waals surface area contributed by atoms with Gasteiger partial charge in [0.05, 0.1) is 6.16 Å². The van der Waals surface area contributed by atoms with Gasteiger partial charge in [0, 0.05) is 0 Å². The van der Waals surface area contributed by atoms with E-state index in [1.165, 1.54) is 0 Å². The molecule has 0 bridgehead atoms. The Kier molecular flexibility index (Phi) is 8.64. The van der Waals surface area contributed by atoms with E-state index in [0.717, 1.165) is 0 Å². The van der Waals surface area contributed by atoms with Crippen LogP contribution in [0.15, 0.2) is 35.9 Å². The summed E-state index contributed by atoms with van der Waals surface area (Å²) in [6.07, 6.45) is -15.4. The SMILES string of the molecule is O=P(O)(O)Cc1ccc(OC(F)(F)C(F)(F)C(F)=C(F)C(F)(F)C(F)(F)C(F)(F)C(F)(F)C(F)(F)F)cc1. The summed E-state index contributed by atoms with van der Waals surface area (Å²) in [5.41, 5.74) is -0.364. The monoisotopic (exact) mass is 618 g/mol. The second-order valence-corrected chi connectivity index (χ2v) is 8.73. The van der Waals surface area contributed by atoms with Crippen LogP contribution in [-0.4, -0.2) is 51.7 Å². The van der Waals surface area contributed by atoms with Crippen LogP contribution in [0.25, 0.3) is 0 Å². The molecule has 0 atom stereocenters. The molecule has 0 saturated carbocycles. The maximum absolute atomic E-state index is 13.7. The summed E-state index contributed by atoms with van der Waals surface area (Å²) in [5.74, 6) is -51.8. The third-order valence-corrected chi connectivity index (χ3v) is 4.98. The topological polar surface area (TPSA) is 66.8 Å². The number of benzene rings is 1. The molecule has 2 N–H and O–H groups in total. The minimum Gasteiger partial charge on any atom is -0.428 e. The van der Waals surface area contributed by atoms with Crippen molar-refractivity contribution in [2.45, 2.75) is 48.1 Å². The van der Waals surface area contributed by atoms with Gasteiger partial charge in [0.1, 0.15) is 5.75 Å². The molecule has 38 heavy (non-hydrogen) atoms. The molecule has 0 aliphatic rings. The standard InChI is InChI=1S/C16H8F17O4P/c17-8(10(19,20)12(23,24)13(25,26)14(27,28)15(29,30)31)9(18)11(21,22)16(32,33)37-7-3-1-6(2-4-7)5-38(34,35)36/h1-4H,5H2,(H2,34,35,36). The second-order valence-electron chi connectivity index (χ2n) is 7.08. The smallest absolute Gasteiger partial charge is 0.428 e. The quantitative estimate of drug-likeness (QED) is 0.215. The van der Waals surface area contributed by atoms with Crippen molar-refractivity contribution >= 4 is 7.60 Å². The number of ether oxygens (including phenoxy) is 1. The van der Waals surface area contributed by atoms with Gasteiger partial charge < -0.3 is 14.5 Å². The molecule has 4 nitrogen and oxygen atoms in total. The van der Waals surface area contributed by atoms with Crippen molar-refractivity contribution in [1.82, 2.24) is 0 Å². The van der Waals surface area contributed by atoms with Crippen molar-refractivity contribution in [2.75, 3.05) is 0 Å². The molecule has 22 heteroatoms. The van der Waals surface area contributed by atoms with E-state index < -0.39 is 73.1 Å². The molecule has 1 aromatic carbocycles. The average Bonchev–Trinajstić information content (AvgIpc) is 2.71. The molecule has 0 fully saturated rings. The zero-order valence-corrected chi connectivity index (χ0v) is 18.0. The van der Waals surface area contributed by atoms with Crippen LogP contribution < -0.4 is 4.74 Å². The van der Waals surface area contributed by atoms with Crippen LogP contribution in [0, 0.1) is 0 Å². The molecule has 0 heterocycles. The number of halogens is 17. The van der Waals surface area contributed by atoms with E-state index >= 15 is 0 Å². The van der Waals surface area contributed by atoms with Crippen LogP contribution in [0.2, 0.25) is 0 Å². The Morgan fingerprint density at radius 2 is 1.05 bits per heavy atom. The Hall–Kier alpha value is -2.28. The zero-order chi connectivity index (χ0) is 30.6. The molecule has 0 aromatic heterocycles. The molecule has 0 spiro atoms. The molecule has 0 amide bonds. The van der Waals surface area contributed by atoms with E-state index in [1.807, 2.05) is 0 Å². The molecule has 0 aliphatic heterocycles. The molecule has 0 aliphatic carbocycles. The highest BCUT2D eigenvalue weighted by Crippen LogP contribution is 2.60. The van der Waals surface area contributed by atoms with E-state index in [4.69, 9.17) is 9.79 Å². The van der Waals surface area contributed by atoms with Crippen LogP contribution in [0.3, 0.4) is 0 Å². The molecule has 0 radical (unpaired) electrons. The van der Waals surface area contributed by atoms with Gasteiger partial charge in [-0.1, -0.05) is 12.1 Å². The highest BCUT2D eigenvalue weighted by atomic mass is 31.2. The van der Waals surface area contributed by atoms with E-state index in [2.05, 4.69) is 4.74 Å². The number of alkyl halides is 15. The summed E-state index contributed by atoms with van der Waals surface area (Å²) >= 11 is 0. The third kappa shape index (κ3) is 5.83. The van der Waals surface area contributed by atoms with Gasteiger partial charge >= 0.3 is 49.5 Å². The predicted molar refractivity (Wildman–Crippen MR) is 87.8 cm³/mol. The van der Waals surface area contributed by atoms with Gasteiger partial charge in [-0.05, 0) is 17.7 Å². The van der Waals surface area contributed by atoms with Gasteiger partial charge in [0.2, 0.25) is 11.7 Å². The molecule has 1 rings (SSSR count). The summed E-state index contributed by atoms with van der Waals surface area (Å²) in [7, 11) is -4.76. The molecule has 1 aromatic rings. The molecular weight excluding hydrogens is 610 g/mol. The van der Waals surface area contributed by atoms with E-state index in [-0.39, 0.29) is 17.7 Å². The fourth-order valence-electron chi connectivity index (χ4n) is 2.23. The molecule has 220 valence electrons. The van der Waals surface area contributed by atoms with Crippen LogP contribution in [0.4, 0.5) is 74.6 Å². The fourth-order valence-corrected chi connectivity index (χ4v) is 2.91. The number of rotatable bonds is 10. The Morgan fingerprint density at radius 3 is 1.42 bits per heavy atom. The number of allylic oxidation sites excluding steroid dienone is 1. The van der Waals surface area contributed by atoms with Gasteiger partial charge in [-0.15, -0.1) is 0 Å². The Labute approximate surface area is 197 Å². The minimum absolute atomic E-state index is 0.218. The average molecular weight is 618 g/mol. The zero-order valence-electron chi connectivity index (χ0n) is 17.1. The third-order valence-electron chi connectivity index (χ3n) is 4.21.